The zero-order valence-electron chi connectivity index (χ0n) is 8.00. The van der Waals surface area contributed by atoms with E-state index in [0.29, 0.717) is 11.3 Å². The predicted molar refractivity (Wildman–Crippen MR) is 62.1 cm³/mol. The number of rotatable bonds is 4. The highest BCUT2D eigenvalue weighted by Crippen LogP contribution is 2.23. The van der Waals surface area contributed by atoms with Crippen LogP contribution in [0, 0.1) is 6.92 Å². The standard InChI is InChI=1S/C8H10Cl2N2O2S/c1-6-2-4-11-8(10)7(6)12-15(13,14)5-3-9/h2,4,12H,3,5H2,1H3. The second-order valence-corrected chi connectivity index (χ2v) is 5.48. The van der Waals surface area contributed by atoms with Crippen LogP contribution in [0.4, 0.5) is 5.69 Å². The summed E-state index contributed by atoms with van der Waals surface area (Å²) in [5.74, 6) is -0.120. The molecule has 0 radical (unpaired) electrons. The zero-order valence-corrected chi connectivity index (χ0v) is 10.3. The van der Waals surface area contributed by atoms with E-state index in [0.717, 1.165) is 0 Å². The van der Waals surface area contributed by atoms with Gasteiger partial charge in [-0.3, -0.25) is 4.72 Å². The highest BCUT2D eigenvalue weighted by molar-refractivity contribution is 7.92. The molecule has 1 aromatic heterocycles. The molecule has 0 aliphatic heterocycles. The van der Waals surface area contributed by atoms with E-state index in [1.807, 2.05) is 0 Å². The van der Waals surface area contributed by atoms with Crippen molar-refractivity contribution < 1.29 is 8.42 Å². The average molecular weight is 269 g/mol. The molecule has 84 valence electrons. The van der Waals surface area contributed by atoms with Crippen molar-refractivity contribution in [1.29, 1.82) is 0 Å². The molecule has 0 saturated heterocycles. The lowest BCUT2D eigenvalue weighted by Crippen LogP contribution is -2.18. The van der Waals surface area contributed by atoms with E-state index < -0.39 is 10.0 Å². The van der Waals surface area contributed by atoms with Gasteiger partial charge < -0.3 is 0 Å². The predicted octanol–water partition coefficient (Wildman–Crippen LogP) is 2.02. The number of aryl methyl sites for hydroxylation is 1. The van der Waals surface area contributed by atoms with Gasteiger partial charge in [0.1, 0.15) is 0 Å². The van der Waals surface area contributed by atoms with Gasteiger partial charge in [0.2, 0.25) is 10.0 Å². The highest BCUT2D eigenvalue weighted by Gasteiger charge is 2.13. The van der Waals surface area contributed by atoms with Crippen molar-refractivity contribution in [3.8, 4) is 0 Å². The van der Waals surface area contributed by atoms with Crippen LogP contribution in [0.1, 0.15) is 5.56 Å². The fourth-order valence-corrected chi connectivity index (χ4v) is 2.75. The lowest BCUT2D eigenvalue weighted by molar-refractivity contribution is 0.602. The van der Waals surface area contributed by atoms with Gasteiger partial charge in [-0.2, -0.15) is 0 Å². The number of pyridine rings is 1. The maximum Gasteiger partial charge on any atom is 0.234 e. The second-order valence-electron chi connectivity index (χ2n) is 2.90. The van der Waals surface area contributed by atoms with Gasteiger partial charge in [0.15, 0.2) is 5.15 Å². The number of hydrogen-bond donors (Lipinski definition) is 1. The Labute approximate surface area is 98.7 Å². The van der Waals surface area contributed by atoms with E-state index in [-0.39, 0.29) is 16.8 Å². The van der Waals surface area contributed by atoms with Gasteiger partial charge in [0.25, 0.3) is 0 Å². The molecule has 0 amide bonds. The number of aromatic nitrogens is 1. The van der Waals surface area contributed by atoms with Crippen LogP contribution in [-0.4, -0.2) is 25.0 Å². The fourth-order valence-electron chi connectivity index (χ4n) is 0.956. The van der Waals surface area contributed by atoms with E-state index in [1.165, 1.54) is 6.20 Å². The Hall–Kier alpha value is -0.520. The number of alkyl halides is 1. The smallest absolute Gasteiger partial charge is 0.234 e. The molecule has 1 aromatic rings. The number of nitrogens with zero attached hydrogens (tertiary/aromatic N) is 1. The van der Waals surface area contributed by atoms with Crippen LogP contribution in [0.3, 0.4) is 0 Å². The summed E-state index contributed by atoms with van der Waals surface area (Å²) >= 11 is 11.1. The Bertz CT molecular complexity index is 428. The highest BCUT2D eigenvalue weighted by atomic mass is 35.5. The van der Waals surface area contributed by atoms with Gasteiger partial charge >= 0.3 is 0 Å². The normalized spacial score (nSPS) is 11.4. The third kappa shape index (κ3) is 3.52. The summed E-state index contributed by atoms with van der Waals surface area (Å²) in [6.07, 6.45) is 1.51. The van der Waals surface area contributed by atoms with E-state index in [4.69, 9.17) is 23.2 Å². The van der Waals surface area contributed by atoms with Gasteiger partial charge in [-0.15, -0.1) is 11.6 Å². The van der Waals surface area contributed by atoms with Crippen molar-refractivity contribution in [2.45, 2.75) is 6.92 Å². The van der Waals surface area contributed by atoms with Gasteiger partial charge in [0, 0.05) is 12.1 Å². The quantitative estimate of drug-likeness (QED) is 0.672. The van der Waals surface area contributed by atoms with E-state index in [9.17, 15) is 8.42 Å². The Morgan fingerprint density at radius 3 is 2.73 bits per heavy atom. The van der Waals surface area contributed by atoms with Crippen molar-refractivity contribution in [2.75, 3.05) is 16.4 Å². The molecule has 0 bridgehead atoms. The molecule has 1 N–H and O–H groups in total. The third-order valence-corrected chi connectivity index (χ3v) is 3.67. The summed E-state index contributed by atoms with van der Waals surface area (Å²) in [5.41, 5.74) is 1.03. The van der Waals surface area contributed by atoms with E-state index in [1.54, 1.807) is 13.0 Å². The van der Waals surface area contributed by atoms with Crippen LogP contribution >= 0.6 is 23.2 Å². The van der Waals surface area contributed by atoms with Crippen LogP contribution in [0.5, 0.6) is 0 Å². The molecule has 0 fully saturated rings. The minimum atomic E-state index is -3.44. The number of anilines is 1. The number of sulfonamides is 1. The van der Waals surface area contributed by atoms with Gasteiger partial charge in [-0.25, -0.2) is 13.4 Å². The topological polar surface area (TPSA) is 59.1 Å². The van der Waals surface area contributed by atoms with Crippen LogP contribution < -0.4 is 4.72 Å². The Morgan fingerprint density at radius 2 is 2.20 bits per heavy atom. The molecule has 0 aliphatic rings. The molecule has 0 unspecified atom stereocenters. The summed E-state index contributed by atoms with van der Waals surface area (Å²) in [5, 5.41) is 0.133. The summed E-state index contributed by atoms with van der Waals surface area (Å²) in [6, 6.07) is 1.67. The maximum atomic E-state index is 11.4. The van der Waals surface area contributed by atoms with E-state index >= 15 is 0 Å². The molecule has 1 heterocycles. The number of halogens is 2. The minimum Gasteiger partial charge on any atom is -0.280 e. The zero-order chi connectivity index (χ0) is 11.5. The molecule has 15 heavy (non-hydrogen) atoms. The largest absolute Gasteiger partial charge is 0.280 e. The van der Waals surface area contributed by atoms with Gasteiger partial charge in [-0.05, 0) is 18.6 Å². The first-order chi connectivity index (χ1) is 6.96. The summed E-state index contributed by atoms with van der Waals surface area (Å²) in [7, 11) is -3.44. The number of nitrogens with one attached hydrogen (secondary N) is 1. The lowest BCUT2D eigenvalue weighted by atomic mass is 10.3. The third-order valence-electron chi connectivity index (χ3n) is 1.72. The van der Waals surface area contributed by atoms with Gasteiger partial charge in [-0.1, -0.05) is 11.6 Å². The molecule has 7 heteroatoms. The van der Waals surface area contributed by atoms with Crippen molar-refractivity contribution in [3.05, 3.63) is 23.0 Å². The molecule has 0 spiro atoms. The van der Waals surface area contributed by atoms with Crippen molar-refractivity contribution >= 4 is 38.9 Å². The fraction of sp³-hybridized carbons (Fsp3) is 0.375. The SMILES string of the molecule is Cc1ccnc(Cl)c1NS(=O)(=O)CCCl. The molecular weight excluding hydrogens is 259 g/mol. The van der Waals surface area contributed by atoms with Crippen molar-refractivity contribution in [2.24, 2.45) is 0 Å². The van der Waals surface area contributed by atoms with Crippen LogP contribution in [0.25, 0.3) is 0 Å². The minimum absolute atomic E-state index is 0.0340. The first-order valence-corrected chi connectivity index (χ1v) is 6.70. The van der Waals surface area contributed by atoms with Crippen LogP contribution in [0.15, 0.2) is 12.3 Å². The molecule has 0 aliphatic carbocycles. The van der Waals surface area contributed by atoms with Crippen molar-refractivity contribution in [1.82, 2.24) is 4.98 Å². The number of hydrogen-bond acceptors (Lipinski definition) is 3. The Morgan fingerprint density at radius 1 is 1.53 bits per heavy atom. The molecule has 4 nitrogen and oxygen atoms in total. The molecule has 0 aromatic carbocycles. The van der Waals surface area contributed by atoms with Gasteiger partial charge in [0.05, 0.1) is 11.4 Å². The second kappa shape index (κ2) is 5.01. The van der Waals surface area contributed by atoms with Crippen molar-refractivity contribution in [3.63, 3.8) is 0 Å². The lowest BCUT2D eigenvalue weighted by Gasteiger charge is -2.10. The first kappa shape index (κ1) is 12.5. The Kier molecular flexibility index (Phi) is 4.19. The first-order valence-electron chi connectivity index (χ1n) is 4.14. The molecule has 0 saturated carbocycles. The van der Waals surface area contributed by atoms with E-state index in [2.05, 4.69) is 9.71 Å². The summed E-state index contributed by atoms with van der Waals surface area (Å²) < 4.78 is 25.2. The average Bonchev–Trinajstić information content (AvgIpc) is 2.11. The Balaban J connectivity index is 2.99. The van der Waals surface area contributed by atoms with Crippen LogP contribution in [-0.2, 0) is 10.0 Å². The monoisotopic (exact) mass is 268 g/mol. The molecule has 0 atom stereocenters. The van der Waals surface area contributed by atoms with Crippen LogP contribution in [0.2, 0.25) is 5.15 Å². The summed E-state index contributed by atoms with van der Waals surface area (Å²) in [6.45, 7) is 1.74. The molecular formula is C8H10Cl2N2O2S. The summed E-state index contributed by atoms with van der Waals surface area (Å²) in [4.78, 5) is 3.79. The molecule has 1 rings (SSSR count). The maximum absolute atomic E-state index is 11.4.